The number of aromatic nitrogens is 3. The van der Waals surface area contributed by atoms with Crippen LogP contribution in [0.5, 0.6) is 11.5 Å². The minimum absolute atomic E-state index is 0.497. The third-order valence-electron chi connectivity index (χ3n) is 1.69. The lowest BCUT2D eigenvalue weighted by Gasteiger charge is -2.03. The SMILES string of the molecule is C=CCOc1ccc(O[p+]2npnpn2)cc1. The Balaban J connectivity index is 2.01. The zero-order valence-electron chi connectivity index (χ0n) is 8.80. The number of hydrogen-bond donors (Lipinski definition) is 0. The first-order valence-corrected chi connectivity index (χ1v) is 7.48. The Bertz CT molecular complexity index is 481. The van der Waals surface area contributed by atoms with Gasteiger partial charge in [0.05, 0.1) is 0 Å². The Morgan fingerprint density at radius 1 is 1.18 bits per heavy atom. The van der Waals surface area contributed by atoms with Gasteiger partial charge in [-0.3, -0.25) is 0 Å². The van der Waals surface area contributed by atoms with E-state index in [-0.39, 0.29) is 0 Å². The Morgan fingerprint density at radius 2 is 1.82 bits per heavy atom. The maximum Gasteiger partial charge on any atom is 0.414 e. The van der Waals surface area contributed by atoms with Crippen molar-refractivity contribution in [2.45, 2.75) is 0 Å². The van der Waals surface area contributed by atoms with Crippen molar-refractivity contribution in [1.29, 1.82) is 0 Å². The van der Waals surface area contributed by atoms with E-state index in [0.717, 1.165) is 11.5 Å². The Morgan fingerprint density at radius 3 is 2.47 bits per heavy atom. The van der Waals surface area contributed by atoms with Gasteiger partial charge in [-0.25, -0.2) is 0 Å². The second-order valence-electron chi connectivity index (χ2n) is 2.86. The van der Waals surface area contributed by atoms with Gasteiger partial charge in [0.25, 0.3) is 0 Å². The summed E-state index contributed by atoms with van der Waals surface area (Å²) in [6.45, 7) is 4.09. The molecule has 1 aromatic heterocycles. The Hall–Kier alpha value is -1.14. The molecule has 0 fully saturated rings. The van der Waals surface area contributed by atoms with Crippen LogP contribution in [0.25, 0.3) is 0 Å². The van der Waals surface area contributed by atoms with Crippen molar-refractivity contribution in [2.24, 2.45) is 0 Å². The van der Waals surface area contributed by atoms with Crippen LogP contribution in [0.3, 0.4) is 0 Å². The predicted octanol–water partition coefficient (Wildman–Crippen LogP) is 3.71. The first kappa shape index (κ1) is 12.3. The van der Waals surface area contributed by atoms with Crippen LogP contribution in [0.15, 0.2) is 36.9 Å². The Labute approximate surface area is 103 Å². The maximum absolute atomic E-state index is 5.60. The van der Waals surface area contributed by atoms with Crippen LogP contribution in [0.2, 0.25) is 0 Å². The van der Waals surface area contributed by atoms with E-state index in [1.807, 2.05) is 24.3 Å². The quantitative estimate of drug-likeness (QED) is 0.783. The monoisotopic (exact) mass is 284 g/mol. The molecule has 0 aliphatic heterocycles. The highest BCUT2D eigenvalue weighted by molar-refractivity contribution is 7.50. The van der Waals surface area contributed by atoms with E-state index in [1.54, 1.807) is 6.08 Å². The predicted molar refractivity (Wildman–Crippen MR) is 70.1 cm³/mol. The van der Waals surface area contributed by atoms with Crippen LogP contribution in [0.1, 0.15) is 0 Å². The summed E-state index contributed by atoms with van der Waals surface area (Å²) >= 11 is 0. The molecule has 2 rings (SSSR count). The lowest BCUT2D eigenvalue weighted by Crippen LogP contribution is -1.92. The zero-order valence-corrected chi connectivity index (χ0v) is 11.5. The van der Waals surface area contributed by atoms with Crippen LogP contribution in [-0.4, -0.2) is 20.1 Å². The lowest BCUT2D eigenvalue weighted by molar-refractivity contribution is 0.363. The van der Waals surface area contributed by atoms with Crippen molar-refractivity contribution in [3.05, 3.63) is 36.9 Å². The molecule has 0 aliphatic rings. The number of rotatable bonds is 5. The van der Waals surface area contributed by atoms with Gasteiger partial charge in [0.15, 0.2) is 5.75 Å². The molecule has 0 atom stereocenters. The number of hydrogen-bond acceptors (Lipinski definition) is 5. The van der Waals surface area contributed by atoms with Crippen molar-refractivity contribution in [3.8, 4) is 11.5 Å². The minimum atomic E-state index is -1.09. The molecule has 0 N–H and O–H groups in total. The van der Waals surface area contributed by atoms with E-state index < -0.39 is 8.08 Å². The molecule has 0 saturated heterocycles. The fourth-order valence-electron chi connectivity index (χ4n) is 1.02. The van der Waals surface area contributed by atoms with Crippen molar-refractivity contribution in [2.75, 3.05) is 6.61 Å². The number of benzene rings is 1. The van der Waals surface area contributed by atoms with Crippen molar-refractivity contribution in [1.82, 2.24) is 13.5 Å². The van der Waals surface area contributed by atoms with E-state index in [0.29, 0.717) is 23.6 Å². The third kappa shape index (κ3) is 3.98. The molecule has 0 bridgehead atoms. The smallest absolute Gasteiger partial charge is 0.414 e. The molecule has 1 aromatic carbocycles. The summed E-state index contributed by atoms with van der Waals surface area (Å²) in [5.74, 6) is 1.52. The molecule has 1 heterocycles. The average Bonchev–Trinajstić information content (AvgIpc) is 2.39. The highest BCUT2D eigenvalue weighted by atomic mass is 31.2. The van der Waals surface area contributed by atoms with Crippen molar-refractivity contribution < 1.29 is 9.26 Å². The van der Waals surface area contributed by atoms with Gasteiger partial charge in [0, 0.05) is 9.02 Å². The first-order valence-electron chi connectivity index (χ1n) is 4.72. The number of ether oxygens (including phenoxy) is 1. The van der Waals surface area contributed by atoms with Crippen LogP contribution < -0.4 is 9.26 Å². The van der Waals surface area contributed by atoms with Crippen LogP contribution in [0.4, 0.5) is 0 Å². The fraction of sp³-hybridized carbons (Fsp3) is 0.111. The molecule has 0 saturated carbocycles. The van der Waals surface area contributed by atoms with Gasteiger partial charge in [0.1, 0.15) is 12.4 Å². The third-order valence-corrected chi connectivity index (χ3v) is 4.57. The topological polar surface area (TPSA) is 57.1 Å². The van der Waals surface area contributed by atoms with Crippen molar-refractivity contribution in [3.63, 3.8) is 0 Å². The van der Waals surface area contributed by atoms with Crippen molar-refractivity contribution >= 4 is 25.1 Å². The van der Waals surface area contributed by atoms with E-state index in [4.69, 9.17) is 9.26 Å². The highest BCUT2D eigenvalue weighted by Crippen LogP contribution is 2.28. The molecular weight excluding hydrogens is 275 g/mol. The molecule has 2 aromatic rings. The molecule has 0 spiro atoms. The molecule has 0 radical (unpaired) electrons. The van der Waals surface area contributed by atoms with Gasteiger partial charge in [-0.15, -0.1) is 0 Å². The van der Waals surface area contributed by atoms with E-state index >= 15 is 0 Å². The molecule has 5 nitrogen and oxygen atoms in total. The van der Waals surface area contributed by atoms with Crippen LogP contribution >= 0.6 is 25.1 Å². The summed E-state index contributed by atoms with van der Waals surface area (Å²) < 4.78 is 23.2. The number of nitrogens with zero attached hydrogens (tertiary/aromatic N) is 3. The molecule has 0 aliphatic carbocycles. The van der Waals surface area contributed by atoms with Gasteiger partial charge < -0.3 is 9.26 Å². The molecule has 86 valence electrons. The van der Waals surface area contributed by atoms with E-state index in [2.05, 4.69) is 20.1 Å². The highest BCUT2D eigenvalue weighted by Gasteiger charge is 2.07. The van der Waals surface area contributed by atoms with Gasteiger partial charge in [-0.1, -0.05) is 12.7 Å². The normalized spacial score (nSPS) is 11.6. The summed E-state index contributed by atoms with van der Waals surface area (Å²) in [5.41, 5.74) is 0. The van der Waals surface area contributed by atoms with Gasteiger partial charge in [0.2, 0.25) is 0 Å². The summed E-state index contributed by atoms with van der Waals surface area (Å²) in [6.07, 6.45) is 1.70. The summed E-state index contributed by atoms with van der Waals surface area (Å²) in [7, 11) is 0.298. The lowest BCUT2D eigenvalue weighted by atomic mass is 10.3. The Kier molecular flexibility index (Phi) is 4.75. The maximum atomic E-state index is 5.60. The van der Waals surface area contributed by atoms with Gasteiger partial charge >= 0.3 is 25.1 Å². The van der Waals surface area contributed by atoms with Gasteiger partial charge in [-0.05, 0) is 28.8 Å². The standard InChI is InChI=1S/C9H9N3O2P3/c1-2-7-13-8-3-5-9(6-4-8)14-17-11-15-10-16-12-17/h2-6H,1,7H2/q+1. The summed E-state index contributed by atoms with van der Waals surface area (Å²) in [4.78, 5) is 0. The first-order chi connectivity index (χ1) is 8.38. The molecule has 8 heteroatoms. The fourth-order valence-corrected chi connectivity index (χ4v) is 3.71. The summed E-state index contributed by atoms with van der Waals surface area (Å²) in [5, 5.41) is 0. The molecule has 0 unspecified atom stereocenters. The van der Waals surface area contributed by atoms with E-state index in [1.165, 1.54) is 0 Å². The largest absolute Gasteiger partial charge is 0.490 e. The van der Waals surface area contributed by atoms with E-state index in [9.17, 15) is 0 Å². The second kappa shape index (κ2) is 6.56. The average molecular weight is 284 g/mol. The van der Waals surface area contributed by atoms with Crippen LogP contribution in [-0.2, 0) is 0 Å². The second-order valence-corrected chi connectivity index (χ2v) is 6.05. The molecule has 0 amide bonds. The van der Waals surface area contributed by atoms with Gasteiger partial charge in [-0.2, -0.15) is 0 Å². The molecule has 17 heavy (non-hydrogen) atoms. The molecular formula is C9H9N3O2P3+. The summed E-state index contributed by atoms with van der Waals surface area (Å²) in [6, 6.07) is 7.37. The van der Waals surface area contributed by atoms with Crippen LogP contribution in [0, 0.1) is 0 Å². The zero-order chi connectivity index (χ0) is 11.9. The minimum Gasteiger partial charge on any atom is -0.490 e.